The van der Waals surface area contributed by atoms with Crippen LogP contribution in [0.4, 0.5) is 0 Å². The summed E-state index contributed by atoms with van der Waals surface area (Å²) in [6, 6.07) is 0. The van der Waals surface area contributed by atoms with E-state index < -0.39 is 0 Å². The number of nitrogens with zero attached hydrogens (tertiary/aromatic N) is 3. The number of rotatable bonds is 12. The van der Waals surface area contributed by atoms with E-state index in [4.69, 9.17) is 0 Å². The van der Waals surface area contributed by atoms with Crippen LogP contribution < -0.4 is 0 Å². The van der Waals surface area contributed by atoms with Crippen molar-refractivity contribution in [2.75, 3.05) is 0 Å². The Morgan fingerprint density at radius 3 is 1.95 bits per heavy atom. The van der Waals surface area contributed by atoms with Crippen LogP contribution >= 0.6 is 0 Å². The van der Waals surface area contributed by atoms with Gasteiger partial charge in [0.2, 0.25) is 0 Å². The molecular weight excluding hydrogens is 270 g/mol. The van der Waals surface area contributed by atoms with Crippen LogP contribution in [0.1, 0.15) is 115 Å². The van der Waals surface area contributed by atoms with Crippen molar-refractivity contribution in [1.29, 1.82) is 0 Å². The van der Waals surface area contributed by atoms with Gasteiger partial charge in [-0.1, -0.05) is 66.2 Å². The highest BCUT2D eigenvalue weighted by Gasteiger charge is 2.21. The maximum atomic E-state index is 4.46. The van der Waals surface area contributed by atoms with Gasteiger partial charge in [-0.2, -0.15) is 0 Å². The van der Waals surface area contributed by atoms with Crippen molar-refractivity contribution in [2.45, 2.75) is 104 Å². The summed E-state index contributed by atoms with van der Waals surface area (Å²) in [5, 5.41) is 12.5. The summed E-state index contributed by atoms with van der Waals surface area (Å²) in [6.07, 6.45) is 14.6. The molecule has 1 aromatic rings. The predicted molar refractivity (Wildman–Crippen MR) is 94.2 cm³/mol. The first-order valence-electron chi connectivity index (χ1n) is 9.46. The van der Waals surface area contributed by atoms with E-state index in [0.717, 1.165) is 6.42 Å². The molecule has 3 nitrogen and oxygen atoms in total. The monoisotopic (exact) mass is 305 g/mol. The van der Waals surface area contributed by atoms with E-state index in [1.807, 2.05) is 6.20 Å². The second kappa shape index (κ2) is 11.6. The zero-order valence-electron chi connectivity index (χ0n) is 15.1. The van der Waals surface area contributed by atoms with E-state index in [9.17, 15) is 0 Å². The summed E-state index contributed by atoms with van der Waals surface area (Å²) in [4.78, 5) is 0. The molecule has 0 aliphatic carbocycles. The summed E-state index contributed by atoms with van der Waals surface area (Å²) in [6.45, 7) is 9.10. The normalized spacial score (nSPS) is 14.0. The van der Waals surface area contributed by atoms with Gasteiger partial charge in [-0.25, -0.2) is 0 Å². The Hall–Kier alpha value is -0.990. The lowest BCUT2D eigenvalue weighted by Gasteiger charge is -2.22. The fourth-order valence-corrected chi connectivity index (χ4v) is 3.31. The highest BCUT2D eigenvalue weighted by Crippen LogP contribution is 2.33. The van der Waals surface area contributed by atoms with Gasteiger partial charge >= 0.3 is 0 Å². The van der Waals surface area contributed by atoms with Crippen LogP contribution in [0.15, 0.2) is 6.20 Å². The van der Waals surface area contributed by atoms with Crippen LogP contribution in [-0.4, -0.2) is 15.4 Å². The molecule has 0 amide bonds. The van der Waals surface area contributed by atoms with Crippen molar-refractivity contribution in [3.8, 4) is 0 Å². The Morgan fingerprint density at radius 2 is 1.41 bits per heavy atom. The molecule has 0 spiro atoms. The molecule has 2 atom stereocenters. The van der Waals surface area contributed by atoms with Crippen molar-refractivity contribution >= 4 is 0 Å². The zero-order chi connectivity index (χ0) is 16.2. The Balaban J connectivity index is 2.84. The summed E-state index contributed by atoms with van der Waals surface area (Å²) in [5.41, 5.74) is 2.61. The number of hydrogen-bond acceptors (Lipinski definition) is 3. The number of hydrogen-bond donors (Lipinski definition) is 0. The third-order valence-corrected chi connectivity index (χ3v) is 4.82. The number of unbranched alkanes of at least 4 members (excludes halogenated alkanes) is 4. The third-order valence-electron chi connectivity index (χ3n) is 4.82. The maximum absolute atomic E-state index is 4.46. The molecular formula is C19H35N3. The first kappa shape index (κ1) is 19.1. The van der Waals surface area contributed by atoms with E-state index in [0.29, 0.717) is 11.8 Å². The largest absolute Gasteiger partial charge is 0.138 e. The van der Waals surface area contributed by atoms with Crippen LogP contribution in [0.25, 0.3) is 0 Å². The molecule has 0 radical (unpaired) electrons. The Morgan fingerprint density at radius 1 is 0.818 bits per heavy atom. The lowest BCUT2D eigenvalue weighted by atomic mass is 9.85. The minimum absolute atomic E-state index is 0.553. The standard InChI is InChI=1S/C19H35N3/c1-5-9-11-13-16(7-3)18-15-20-22-21-19(18)17(8-4)14-12-10-6-2/h15-17H,5-14H2,1-4H3. The van der Waals surface area contributed by atoms with E-state index >= 15 is 0 Å². The molecule has 1 aromatic heterocycles. The zero-order valence-corrected chi connectivity index (χ0v) is 15.1. The molecule has 0 saturated heterocycles. The molecule has 0 bridgehead atoms. The molecule has 0 aromatic carbocycles. The third kappa shape index (κ3) is 6.02. The van der Waals surface area contributed by atoms with Crippen LogP contribution in [0, 0.1) is 0 Å². The first-order valence-corrected chi connectivity index (χ1v) is 9.46. The van der Waals surface area contributed by atoms with Gasteiger partial charge in [0.25, 0.3) is 0 Å². The quantitative estimate of drug-likeness (QED) is 0.443. The average Bonchev–Trinajstić information content (AvgIpc) is 2.56. The lowest BCUT2D eigenvalue weighted by Crippen LogP contribution is -2.11. The molecule has 0 N–H and O–H groups in total. The van der Waals surface area contributed by atoms with Crippen molar-refractivity contribution in [1.82, 2.24) is 15.4 Å². The van der Waals surface area contributed by atoms with Crippen LogP contribution in [0.3, 0.4) is 0 Å². The summed E-state index contributed by atoms with van der Waals surface area (Å²) >= 11 is 0. The Bertz CT molecular complexity index is 355. The highest BCUT2D eigenvalue weighted by molar-refractivity contribution is 5.23. The van der Waals surface area contributed by atoms with Crippen LogP contribution in [0.2, 0.25) is 0 Å². The highest BCUT2D eigenvalue weighted by atomic mass is 15.3. The van der Waals surface area contributed by atoms with Gasteiger partial charge < -0.3 is 0 Å². The summed E-state index contributed by atoms with van der Waals surface area (Å²) < 4.78 is 0. The van der Waals surface area contributed by atoms with Gasteiger partial charge in [-0.15, -0.1) is 10.2 Å². The molecule has 0 aliphatic rings. The van der Waals surface area contributed by atoms with E-state index in [1.54, 1.807) is 0 Å². The van der Waals surface area contributed by atoms with Crippen molar-refractivity contribution in [2.24, 2.45) is 0 Å². The Kier molecular flexibility index (Phi) is 10.0. The smallest absolute Gasteiger partial charge is 0.0730 e. The topological polar surface area (TPSA) is 38.7 Å². The second-order valence-electron chi connectivity index (χ2n) is 6.48. The van der Waals surface area contributed by atoms with Gasteiger partial charge in [0.1, 0.15) is 0 Å². The fourth-order valence-electron chi connectivity index (χ4n) is 3.31. The predicted octanol–water partition coefficient (Wildman–Crippen LogP) is 6.02. The van der Waals surface area contributed by atoms with Crippen LogP contribution in [0.5, 0.6) is 0 Å². The molecule has 0 fully saturated rings. The van der Waals surface area contributed by atoms with Gasteiger partial charge in [-0.3, -0.25) is 0 Å². The van der Waals surface area contributed by atoms with E-state index in [-0.39, 0.29) is 0 Å². The van der Waals surface area contributed by atoms with Gasteiger partial charge in [0.15, 0.2) is 0 Å². The van der Waals surface area contributed by atoms with Gasteiger partial charge in [0.05, 0.1) is 11.9 Å². The first-order chi connectivity index (χ1) is 10.8. The minimum atomic E-state index is 0.553. The fraction of sp³-hybridized carbons (Fsp3) is 0.842. The molecule has 0 saturated carbocycles. The van der Waals surface area contributed by atoms with Crippen molar-refractivity contribution in [3.63, 3.8) is 0 Å². The molecule has 1 heterocycles. The molecule has 3 heteroatoms. The average molecular weight is 306 g/mol. The summed E-state index contributed by atoms with van der Waals surface area (Å²) in [5.74, 6) is 1.15. The van der Waals surface area contributed by atoms with Crippen molar-refractivity contribution in [3.05, 3.63) is 17.5 Å². The maximum Gasteiger partial charge on any atom is 0.0730 e. The van der Waals surface area contributed by atoms with Gasteiger partial charge in [-0.05, 0) is 42.4 Å². The summed E-state index contributed by atoms with van der Waals surface area (Å²) in [7, 11) is 0. The Labute approximate surface area is 137 Å². The van der Waals surface area contributed by atoms with E-state index in [2.05, 4.69) is 43.1 Å². The molecule has 0 aliphatic heterocycles. The molecule has 2 unspecified atom stereocenters. The molecule has 126 valence electrons. The van der Waals surface area contributed by atoms with Crippen LogP contribution in [-0.2, 0) is 0 Å². The molecule has 1 rings (SSSR count). The SMILES string of the molecule is CCCCCC(CC)c1cnnnc1C(CC)CCCCC. The van der Waals surface area contributed by atoms with E-state index in [1.165, 1.54) is 69.0 Å². The van der Waals surface area contributed by atoms with Crippen molar-refractivity contribution < 1.29 is 0 Å². The minimum Gasteiger partial charge on any atom is -0.138 e. The van der Waals surface area contributed by atoms with Gasteiger partial charge in [0, 0.05) is 5.92 Å². The number of aromatic nitrogens is 3. The second-order valence-corrected chi connectivity index (χ2v) is 6.48. The lowest BCUT2D eigenvalue weighted by molar-refractivity contribution is 0.500. The molecule has 22 heavy (non-hydrogen) atoms.